The van der Waals surface area contributed by atoms with Crippen LogP contribution >= 0.6 is 0 Å². The monoisotopic (exact) mass is 364 g/mol. The Morgan fingerprint density at radius 1 is 1.35 bits per heavy atom. The Morgan fingerprint density at radius 3 is 2.81 bits per heavy atom. The van der Waals surface area contributed by atoms with Gasteiger partial charge in [0.2, 0.25) is 5.91 Å². The van der Waals surface area contributed by atoms with Crippen LogP contribution in [0.2, 0.25) is 0 Å². The number of amides is 1. The lowest BCUT2D eigenvalue weighted by atomic mass is 10.2. The highest BCUT2D eigenvalue weighted by molar-refractivity contribution is 5.85. The first-order valence-electron chi connectivity index (χ1n) is 8.44. The molecule has 0 spiro atoms. The average Bonchev–Trinajstić information content (AvgIpc) is 2.60. The normalized spacial score (nSPS) is 11.8. The number of hydrogen-bond donors (Lipinski definition) is 1. The predicted molar refractivity (Wildman–Crippen MR) is 94.7 cm³/mol. The van der Waals surface area contributed by atoms with Crippen molar-refractivity contribution in [3.63, 3.8) is 0 Å². The maximum absolute atomic E-state index is 12.1. The number of hydrogen-bond acceptors (Lipinski definition) is 6. The lowest BCUT2D eigenvalue weighted by molar-refractivity contribution is -0.763. The van der Waals surface area contributed by atoms with E-state index in [9.17, 15) is 19.7 Å². The Kier molecular flexibility index (Phi) is 9.45. The molecule has 0 radical (unpaired) electrons. The van der Waals surface area contributed by atoms with Crippen molar-refractivity contribution in [2.75, 3.05) is 0 Å². The van der Waals surface area contributed by atoms with Crippen molar-refractivity contribution in [1.29, 1.82) is 0 Å². The molecule has 1 amide bonds. The van der Waals surface area contributed by atoms with E-state index >= 15 is 0 Å². The van der Waals surface area contributed by atoms with Crippen molar-refractivity contribution in [1.82, 2.24) is 5.32 Å². The average molecular weight is 364 g/mol. The molecule has 26 heavy (non-hydrogen) atoms. The van der Waals surface area contributed by atoms with Gasteiger partial charge in [0.15, 0.2) is 0 Å². The van der Waals surface area contributed by atoms with Crippen molar-refractivity contribution in [2.24, 2.45) is 0 Å². The van der Waals surface area contributed by atoms with E-state index in [0.717, 1.165) is 12.8 Å². The molecule has 1 rings (SSSR count). The fraction of sp³-hybridized carbons (Fsp3) is 0.444. The van der Waals surface area contributed by atoms with Crippen molar-refractivity contribution in [3.05, 3.63) is 52.1 Å². The van der Waals surface area contributed by atoms with Crippen LogP contribution in [0.25, 0.3) is 0 Å². The predicted octanol–water partition coefficient (Wildman–Crippen LogP) is 2.94. The van der Waals surface area contributed by atoms with E-state index in [4.69, 9.17) is 4.74 Å². The van der Waals surface area contributed by atoms with Crippen LogP contribution in [-0.4, -0.2) is 23.0 Å². The van der Waals surface area contributed by atoms with Crippen LogP contribution < -0.4 is 10.1 Å². The molecular formula is C18H24N2O6. The minimum Gasteiger partial charge on any atom is -0.425 e. The van der Waals surface area contributed by atoms with Crippen LogP contribution in [0.1, 0.15) is 45.1 Å². The molecule has 0 saturated heterocycles. The van der Waals surface area contributed by atoms with Gasteiger partial charge in [0.1, 0.15) is 18.4 Å². The van der Waals surface area contributed by atoms with Gasteiger partial charge >= 0.3 is 5.97 Å². The van der Waals surface area contributed by atoms with E-state index in [-0.39, 0.29) is 18.3 Å². The van der Waals surface area contributed by atoms with Gasteiger partial charge in [-0.2, -0.15) is 0 Å². The van der Waals surface area contributed by atoms with Crippen molar-refractivity contribution < 1.29 is 24.3 Å². The number of carbonyl (C=O) groups is 2. The van der Waals surface area contributed by atoms with E-state index in [1.54, 1.807) is 18.2 Å². The minimum atomic E-state index is -0.895. The molecule has 0 aliphatic rings. The molecule has 1 aromatic carbocycles. The molecule has 0 bridgehead atoms. The first-order valence-corrected chi connectivity index (χ1v) is 8.44. The lowest BCUT2D eigenvalue weighted by Gasteiger charge is -2.13. The topological polar surface area (TPSA) is 108 Å². The van der Waals surface area contributed by atoms with Gasteiger partial charge < -0.3 is 14.9 Å². The van der Waals surface area contributed by atoms with Gasteiger partial charge in [0.25, 0.3) is 5.09 Å². The second-order valence-electron chi connectivity index (χ2n) is 5.63. The molecule has 8 heteroatoms. The van der Waals surface area contributed by atoms with Crippen LogP contribution in [0.5, 0.6) is 5.75 Å². The third-order valence-electron chi connectivity index (χ3n) is 3.36. The van der Waals surface area contributed by atoms with Gasteiger partial charge in [-0.3, -0.25) is 4.79 Å². The van der Waals surface area contributed by atoms with Crippen LogP contribution in [-0.2, 0) is 21.0 Å². The summed E-state index contributed by atoms with van der Waals surface area (Å²) in [6.45, 7) is 3.34. The number of nitrogens with zero attached hydrogens (tertiary/aromatic N) is 1. The highest BCUT2D eigenvalue weighted by Gasteiger charge is 2.17. The number of esters is 1. The van der Waals surface area contributed by atoms with Crippen molar-refractivity contribution in [2.45, 2.75) is 52.2 Å². The number of ether oxygens (including phenoxy) is 1. The summed E-state index contributed by atoms with van der Waals surface area (Å²) >= 11 is 0. The second-order valence-corrected chi connectivity index (χ2v) is 5.63. The van der Waals surface area contributed by atoms with Gasteiger partial charge in [-0.15, -0.1) is 10.1 Å². The molecule has 1 atom stereocenters. The molecular weight excluding hydrogens is 340 g/mol. The van der Waals surface area contributed by atoms with Gasteiger partial charge in [0.05, 0.1) is 0 Å². The fourth-order valence-corrected chi connectivity index (χ4v) is 2.07. The summed E-state index contributed by atoms with van der Waals surface area (Å²) in [5.74, 6) is -0.602. The zero-order chi connectivity index (χ0) is 19.4. The maximum Gasteiger partial charge on any atom is 0.333 e. The largest absolute Gasteiger partial charge is 0.425 e. The first-order chi connectivity index (χ1) is 12.4. The van der Waals surface area contributed by atoms with Crippen LogP contribution in [0, 0.1) is 10.1 Å². The van der Waals surface area contributed by atoms with E-state index in [1.165, 1.54) is 13.0 Å². The van der Waals surface area contributed by atoms with Gasteiger partial charge in [-0.05, 0) is 43.9 Å². The molecule has 8 nitrogen and oxygen atoms in total. The standard InChI is InChI=1S/C18H24N2O6/c1-3-4-5-6-7-11-17(21)19-14(2)18(22)26-16-10-8-9-15(12-16)13-25-20(23)24/h4-5,8-10,12,14H,3,6-7,11,13H2,1-2H3,(H,19,21). The Morgan fingerprint density at radius 2 is 2.12 bits per heavy atom. The van der Waals surface area contributed by atoms with Gasteiger partial charge in [0, 0.05) is 6.42 Å². The van der Waals surface area contributed by atoms with E-state index < -0.39 is 17.1 Å². The third-order valence-corrected chi connectivity index (χ3v) is 3.36. The summed E-state index contributed by atoms with van der Waals surface area (Å²) in [5, 5.41) is 11.9. The molecule has 0 heterocycles. The summed E-state index contributed by atoms with van der Waals surface area (Å²) in [5.41, 5.74) is 0.490. The maximum atomic E-state index is 12.1. The van der Waals surface area contributed by atoms with Gasteiger partial charge in [-0.25, -0.2) is 4.79 Å². The summed E-state index contributed by atoms with van der Waals surface area (Å²) in [4.78, 5) is 38.4. The SMILES string of the molecule is CCC=CCCCC(=O)NC(C)C(=O)Oc1cccc(CO[N+](=O)[O-])c1. The highest BCUT2D eigenvalue weighted by Crippen LogP contribution is 2.15. The van der Waals surface area contributed by atoms with E-state index in [1.807, 2.05) is 19.1 Å². The number of allylic oxidation sites excluding steroid dienone is 2. The smallest absolute Gasteiger partial charge is 0.333 e. The summed E-state index contributed by atoms with van der Waals surface area (Å²) in [6, 6.07) is 5.42. The molecule has 0 aliphatic heterocycles. The Balaban J connectivity index is 2.43. The highest BCUT2D eigenvalue weighted by atomic mass is 16.9. The molecule has 0 aliphatic carbocycles. The van der Waals surface area contributed by atoms with Crippen LogP contribution in [0.15, 0.2) is 36.4 Å². The number of benzene rings is 1. The zero-order valence-electron chi connectivity index (χ0n) is 15.0. The van der Waals surface area contributed by atoms with E-state index in [0.29, 0.717) is 18.4 Å². The Bertz CT molecular complexity index is 644. The molecule has 0 aromatic heterocycles. The molecule has 1 aromatic rings. The minimum absolute atomic E-state index is 0.215. The summed E-state index contributed by atoms with van der Waals surface area (Å²) in [6.07, 6.45) is 6.90. The lowest BCUT2D eigenvalue weighted by Crippen LogP contribution is -2.40. The van der Waals surface area contributed by atoms with Crippen molar-refractivity contribution in [3.8, 4) is 5.75 Å². The first kappa shape index (κ1) is 21.1. The number of rotatable bonds is 11. The summed E-state index contributed by atoms with van der Waals surface area (Å²) in [7, 11) is 0. The van der Waals surface area contributed by atoms with Crippen LogP contribution in [0.3, 0.4) is 0 Å². The Hall–Kier alpha value is -2.90. The fourth-order valence-electron chi connectivity index (χ4n) is 2.07. The van der Waals surface area contributed by atoms with Gasteiger partial charge in [-0.1, -0.05) is 31.2 Å². The Labute approximate surface area is 152 Å². The third kappa shape index (κ3) is 8.81. The molecule has 142 valence electrons. The molecule has 0 saturated carbocycles. The van der Waals surface area contributed by atoms with E-state index in [2.05, 4.69) is 10.2 Å². The quantitative estimate of drug-likeness (QED) is 0.161. The number of unbranched alkanes of at least 4 members (excludes halogenated alkanes) is 1. The number of carbonyl (C=O) groups excluding carboxylic acids is 2. The van der Waals surface area contributed by atoms with Crippen molar-refractivity contribution >= 4 is 11.9 Å². The summed E-state index contributed by atoms with van der Waals surface area (Å²) < 4.78 is 5.19. The van der Waals surface area contributed by atoms with Crippen LogP contribution in [0.4, 0.5) is 0 Å². The molecule has 0 fully saturated rings. The number of nitrogens with one attached hydrogen (secondary N) is 1. The molecule has 1 N–H and O–H groups in total. The molecule has 1 unspecified atom stereocenters. The zero-order valence-corrected chi connectivity index (χ0v) is 15.0. The second kappa shape index (κ2) is 11.6.